The van der Waals surface area contributed by atoms with Crippen molar-refractivity contribution in [2.45, 2.75) is 38.1 Å². The maximum Gasteiger partial charge on any atom is 0.246 e. The Kier molecular flexibility index (Phi) is 4.83. The predicted molar refractivity (Wildman–Crippen MR) is 84.9 cm³/mol. The Morgan fingerprint density at radius 1 is 1.21 bits per heavy atom. The second-order valence-corrected chi connectivity index (χ2v) is 6.93. The van der Waals surface area contributed by atoms with Crippen molar-refractivity contribution < 1.29 is 18.4 Å². The largest absolute Gasteiger partial charge is 0.357 e. The number of carbonyl (C=O) groups is 2. The molecule has 1 aromatic rings. The third-order valence-electron chi connectivity index (χ3n) is 5.42. The van der Waals surface area contributed by atoms with Gasteiger partial charge < -0.3 is 10.6 Å². The van der Waals surface area contributed by atoms with Crippen molar-refractivity contribution in [3.8, 4) is 0 Å². The van der Waals surface area contributed by atoms with Gasteiger partial charge in [-0.1, -0.05) is 12.5 Å². The number of benzene rings is 1. The topological polar surface area (TPSA) is 58.2 Å². The molecule has 0 radical (unpaired) electrons. The zero-order valence-electron chi connectivity index (χ0n) is 13.6. The summed E-state index contributed by atoms with van der Waals surface area (Å²) in [5.41, 5.74) is 0.231. The number of carbonyl (C=O) groups excluding carboxylic acids is 2. The number of hydrogen-bond donors (Lipinski definition) is 2. The monoisotopic (exact) mass is 336 g/mol. The van der Waals surface area contributed by atoms with Crippen LogP contribution in [0.5, 0.6) is 0 Å². The molecular formula is C18H22F2N2O2. The molecule has 130 valence electrons. The molecule has 3 rings (SSSR count). The first-order chi connectivity index (χ1) is 11.5. The zero-order chi connectivity index (χ0) is 17.3. The Labute approximate surface area is 140 Å². The quantitative estimate of drug-likeness (QED) is 0.868. The van der Waals surface area contributed by atoms with Crippen LogP contribution in [0, 0.1) is 29.4 Å². The molecular weight excluding hydrogens is 314 g/mol. The highest BCUT2D eigenvalue weighted by Gasteiger charge is 2.40. The third kappa shape index (κ3) is 3.42. The molecule has 2 bridgehead atoms. The molecule has 1 aromatic carbocycles. The van der Waals surface area contributed by atoms with E-state index < -0.39 is 23.6 Å². The SMILES string of the molecule is CNC(=O)C(NC(=O)CC1CC2CCC1C2)c1ccc(F)c(F)c1. The molecule has 2 aliphatic rings. The van der Waals surface area contributed by atoms with Gasteiger partial charge in [0.2, 0.25) is 11.8 Å². The van der Waals surface area contributed by atoms with E-state index in [0.29, 0.717) is 18.3 Å². The third-order valence-corrected chi connectivity index (χ3v) is 5.42. The van der Waals surface area contributed by atoms with Crippen molar-refractivity contribution in [1.82, 2.24) is 10.6 Å². The Morgan fingerprint density at radius 3 is 2.58 bits per heavy atom. The molecule has 2 aliphatic carbocycles. The minimum atomic E-state index is -1.04. The van der Waals surface area contributed by atoms with Gasteiger partial charge in [0.05, 0.1) is 0 Å². The first kappa shape index (κ1) is 16.9. The minimum absolute atomic E-state index is 0.217. The lowest BCUT2D eigenvalue weighted by Crippen LogP contribution is -2.40. The number of fused-ring (bicyclic) bond motifs is 2. The van der Waals surface area contributed by atoms with Gasteiger partial charge in [-0.05, 0) is 54.7 Å². The normalized spacial score (nSPS) is 26.2. The van der Waals surface area contributed by atoms with Gasteiger partial charge in [-0.3, -0.25) is 9.59 Å². The van der Waals surface area contributed by atoms with Gasteiger partial charge in [0.15, 0.2) is 11.6 Å². The number of likely N-dealkylation sites (N-methyl/N-ethyl adjacent to an activating group) is 1. The van der Waals surface area contributed by atoms with E-state index in [0.717, 1.165) is 24.5 Å². The molecule has 0 heterocycles. The molecule has 0 spiro atoms. The second-order valence-electron chi connectivity index (χ2n) is 6.93. The van der Waals surface area contributed by atoms with Gasteiger partial charge in [-0.25, -0.2) is 8.78 Å². The lowest BCUT2D eigenvalue weighted by atomic mass is 9.86. The molecule has 4 atom stereocenters. The Morgan fingerprint density at radius 2 is 2.00 bits per heavy atom. The fourth-order valence-corrected chi connectivity index (χ4v) is 4.22. The van der Waals surface area contributed by atoms with Crippen LogP contribution in [-0.2, 0) is 9.59 Å². The fraction of sp³-hybridized carbons (Fsp3) is 0.556. The van der Waals surface area contributed by atoms with E-state index in [2.05, 4.69) is 10.6 Å². The average Bonchev–Trinajstić information content (AvgIpc) is 3.17. The van der Waals surface area contributed by atoms with E-state index in [1.165, 1.54) is 32.4 Å². The second kappa shape index (κ2) is 6.87. The van der Waals surface area contributed by atoms with E-state index in [1.54, 1.807) is 0 Å². The number of amides is 2. The summed E-state index contributed by atoms with van der Waals surface area (Å²) in [4.78, 5) is 24.4. The van der Waals surface area contributed by atoms with Crippen molar-refractivity contribution in [2.24, 2.45) is 17.8 Å². The Hall–Kier alpha value is -1.98. The number of nitrogens with one attached hydrogen (secondary N) is 2. The summed E-state index contributed by atoms with van der Waals surface area (Å²) >= 11 is 0. The molecule has 24 heavy (non-hydrogen) atoms. The molecule has 2 N–H and O–H groups in total. The summed E-state index contributed by atoms with van der Waals surface area (Å²) in [5.74, 6) is -0.963. The molecule has 4 unspecified atom stereocenters. The van der Waals surface area contributed by atoms with Crippen molar-refractivity contribution in [3.63, 3.8) is 0 Å². The van der Waals surface area contributed by atoms with Crippen molar-refractivity contribution in [1.29, 1.82) is 0 Å². The number of halogens is 2. The molecule has 2 saturated carbocycles. The Bertz CT molecular complexity index is 650. The van der Waals surface area contributed by atoms with Crippen LogP contribution in [0.15, 0.2) is 18.2 Å². The summed E-state index contributed by atoms with van der Waals surface area (Å²) in [6.07, 6.45) is 5.12. The molecule has 4 nitrogen and oxygen atoms in total. The van der Waals surface area contributed by atoms with E-state index in [-0.39, 0.29) is 11.5 Å². The maximum absolute atomic E-state index is 13.5. The van der Waals surface area contributed by atoms with Crippen LogP contribution in [-0.4, -0.2) is 18.9 Å². The maximum atomic E-state index is 13.5. The predicted octanol–water partition coefficient (Wildman–Crippen LogP) is 2.69. The zero-order valence-corrected chi connectivity index (χ0v) is 13.6. The summed E-state index contributed by atoms with van der Waals surface area (Å²) in [6.45, 7) is 0. The highest BCUT2D eigenvalue weighted by molar-refractivity contribution is 5.88. The van der Waals surface area contributed by atoms with Crippen molar-refractivity contribution in [2.75, 3.05) is 7.05 Å². The highest BCUT2D eigenvalue weighted by atomic mass is 19.2. The van der Waals surface area contributed by atoms with E-state index in [9.17, 15) is 18.4 Å². The lowest BCUT2D eigenvalue weighted by Gasteiger charge is -2.23. The molecule has 2 fully saturated rings. The van der Waals surface area contributed by atoms with Crippen molar-refractivity contribution in [3.05, 3.63) is 35.4 Å². The number of hydrogen-bond acceptors (Lipinski definition) is 2. The molecule has 0 saturated heterocycles. The van der Waals surface area contributed by atoms with Gasteiger partial charge in [0.1, 0.15) is 6.04 Å². The van der Waals surface area contributed by atoms with Crippen LogP contribution in [0.4, 0.5) is 8.78 Å². The fourth-order valence-electron chi connectivity index (χ4n) is 4.22. The summed E-state index contributed by atoms with van der Waals surface area (Å²) in [7, 11) is 1.44. The van der Waals surface area contributed by atoms with Crippen LogP contribution in [0.25, 0.3) is 0 Å². The average molecular weight is 336 g/mol. The van der Waals surface area contributed by atoms with Crippen LogP contribution in [0.3, 0.4) is 0 Å². The Balaban J connectivity index is 1.68. The lowest BCUT2D eigenvalue weighted by molar-refractivity contribution is -0.129. The van der Waals surface area contributed by atoms with Crippen LogP contribution >= 0.6 is 0 Å². The summed E-state index contributed by atoms with van der Waals surface area (Å²) in [5, 5.41) is 5.13. The van der Waals surface area contributed by atoms with Crippen LogP contribution < -0.4 is 10.6 Å². The van der Waals surface area contributed by atoms with Crippen molar-refractivity contribution >= 4 is 11.8 Å². The van der Waals surface area contributed by atoms with E-state index >= 15 is 0 Å². The number of rotatable bonds is 5. The highest BCUT2D eigenvalue weighted by Crippen LogP contribution is 2.49. The smallest absolute Gasteiger partial charge is 0.246 e. The summed E-state index contributed by atoms with van der Waals surface area (Å²) < 4.78 is 26.6. The van der Waals surface area contributed by atoms with Crippen LogP contribution in [0.1, 0.15) is 43.7 Å². The van der Waals surface area contributed by atoms with Crippen LogP contribution in [0.2, 0.25) is 0 Å². The van der Waals surface area contributed by atoms with Gasteiger partial charge in [-0.2, -0.15) is 0 Å². The first-order valence-electron chi connectivity index (χ1n) is 8.43. The summed E-state index contributed by atoms with van der Waals surface area (Å²) in [6, 6.07) is 2.21. The van der Waals surface area contributed by atoms with E-state index in [4.69, 9.17) is 0 Å². The van der Waals surface area contributed by atoms with Gasteiger partial charge in [0, 0.05) is 13.5 Å². The molecule has 2 amide bonds. The van der Waals surface area contributed by atoms with Gasteiger partial charge in [0.25, 0.3) is 0 Å². The first-order valence-corrected chi connectivity index (χ1v) is 8.43. The molecule has 6 heteroatoms. The van der Waals surface area contributed by atoms with E-state index in [1.807, 2.05) is 0 Å². The standard InChI is InChI=1S/C18H22F2N2O2/c1-21-18(24)17(12-4-5-14(19)15(20)8-12)22-16(23)9-13-7-10-2-3-11(13)6-10/h4-5,8,10-11,13,17H,2-3,6-7,9H2,1H3,(H,21,24)(H,22,23). The molecule has 0 aliphatic heterocycles. The molecule has 0 aromatic heterocycles. The van der Waals surface area contributed by atoms with Gasteiger partial charge in [-0.15, -0.1) is 0 Å². The minimum Gasteiger partial charge on any atom is -0.357 e. The van der Waals surface area contributed by atoms with Gasteiger partial charge >= 0.3 is 0 Å².